The molecule has 0 aromatic carbocycles. The van der Waals surface area contributed by atoms with E-state index in [2.05, 4.69) is 4.72 Å². The average Bonchev–Trinajstić information content (AvgIpc) is 2.40. The third-order valence-corrected chi connectivity index (χ3v) is 3.92. The number of aromatic nitrogens is 2. The third-order valence-electron chi connectivity index (χ3n) is 2.48. The van der Waals surface area contributed by atoms with E-state index in [4.69, 9.17) is 9.84 Å². The second-order valence-electron chi connectivity index (χ2n) is 3.98. The van der Waals surface area contributed by atoms with E-state index >= 15 is 0 Å². The number of aliphatic hydroxyl groups is 1. The molecule has 20 heavy (non-hydrogen) atoms. The van der Waals surface area contributed by atoms with Crippen molar-refractivity contribution in [2.24, 2.45) is 14.1 Å². The Labute approximate surface area is 115 Å². The lowest BCUT2D eigenvalue weighted by molar-refractivity contribution is 0.0961. The molecular weight excluding hydrogens is 290 g/mol. The van der Waals surface area contributed by atoms with Gasteiger partial charge >= 0.3 is 5.69 Å². The Kier molecular flexibility index (Phi) is 5.62. The molecule has 114 valence electrons. The minimum absolute atomic E-state index is 0.0473. The molecule has 0 unspecified atom stereocenters. The van der Waals surface area contributed by atoms with E-state index in [1.807, 2.05) is 0 Å². The minimum Gasteiger partial charge on any atom is -0.394 e. The van der Waals surface area contributed by atoms with Crippen molar-refractivity contribution in [2.45, 2.75) is 4.90 Å². The Morgan fingerprint density at radius 2 is 1.95 bits per heavy atom. The Morgan fingerprint density at radius 1 is 1.30 bits per heavy atom. The molecule has 0 aliphatic carbocycles. The van der Waals surface area contributed by atoms with Crippen LogP contribution < -0.4 is 16.0 Å². The standard InChI is InChI=1S/C10H17N3O6S/c1-12-7-8(9(15)13(2)10(12)16)20(17,18)11-3-5-19-6-4-14/h7,11,14H,3-6H2,1-2H3. The number of hydrogen-bond donors (Lipinski definition) is 2. The van der Waals surface area contributed by atoms with Gasteiger partial charge in [0.05, 0.1) is 19.8 Å². The normalized spacial score (nSPS) is 11.8. The van der Waals surface area contributed by atoms with E-state index in [0.29, 0.717) is 0 Å². The fourth-order valence-electron chi connectivity index (χ4n) is 1.45. The van der Waals surface area contributed by atoms with Gasteiger partial charge in [0.15, 0.2) is 4.90 Å². The fraction of sp³-hybridized carbons (Fsp3) is 0.600. The summed E-state index contributed by atoms with van der Waals surface area (Å²) in [5.74, 6) is 0. The van der Waals surface area contributed by atoms with Crippen molar-refractivity contribution in [3.05, 3.63) is 27.0 Å². The van der Waals surface area contributed by atoms with Crippen LogP contribution in [0.3, 0.4) is 0 Å². The number of ether oxygens (including phenoxy) is 1. The predicted molar refractivity (Wildman–Crippen MR) is 70.0 cm³/mol. The maximum Gasteiger partial charge on any atom is 0.330 e. The largest absolute Gasteiger partial charge is 0.394 e. The second-order valence-corrected chi connectivity index (χ2v) is 5.72. The van der Waals surface area contributed by atoms with Gasteiger partial charge in [-0.1, -0.05) is 0 Å². The zero-order chi connectivity index (χ0) is 15.3. The zero-order valence-electron chi connectivity index (χ0n) is 11.2. The summed E-state index contributed by atoms with van der Waals surface area (Å²) in [7, 11) is -1.47. The van der Waals surface area contributed by atoms with Gasteiger partial charge in [-0.05, 0) is 0 Å². The van der Waals surface area contributed by atoms with E-state index in [9.17, 15) is 18.0 Å². The molecule has 10 heteroatoms. The molecule has 1 heterocycles. The molecule has 0 saturated heterocycles. The SMILES string of the molecule is Cn1cc(S(=O)(=O)NCCOCCO)c(=O)n(C)c1=O. The lowest BCUT2D eigenvalue weighted by atomic mass is 10.6. The highest BCUT2D eigenvalue weighted by molar-refractivity contribution is 7.89. The highest BCUT2D eigenvalue weighted by atomic mass is 32.2. The van der Waals surface area contributed by atoms with Gasteiger partial charge in [-0.3, -0.25) is 9.36 Å². The van der Waals surface area contributed by atoms with Crippen LogP contribution in [0.15, 0.2) is 20.7 Å². The van der Waals surface area contributed by atoms with Crippen molar-refractivity contribution in [1.29, 1.82) is 0 Å². The zero-order valence-corrected chi connectivity index (χ0v) is 12.0. The van der Waals surface area contributed by atoms with Crippen LogP contribution in [0.2, 0.25) is 0 Å². The number of aliphatic hydroxyl groups excluding tert-OH is 1. The Bertz CT molecular complexity index is 675. The van der Waals surface area contributed by atoms with Crippen LogP contribution in [0.5, 0.6) is 0 Å². The minimum atomic E-state index is -4.03. The van der Waals surface area contributed by atoms with E-state index in [1.54, 1.807) is 0 Å². The first-order valence-corrected chi connectivity index (χ1v) is 7.24. The summed E-state index contributed by atoms with van der Waals surface area (Å²) in [4.78, 5) is 22.7. The fourth-order valence-corrected chi connectivity index (χ4v) is 2.62. The van der Waals surface area contributed by atoms with E-state index in [-0.39, 0.29) is 26.4 Å². The van der Waals surface area contributed by atoms with Crippen LogP contribution in [0.4, 0.5) is 0 Å². The van der Waals surface area contributed by atoms with Crippen LogP contribution in [-0.4, -0.2) is 49.0 Å². The summed E-state index contributed by atoms with van der Waals surface area (Å²) in [6.07, 6.45) is 0.974. The average molecular weight is 307 g/mol. The summed E-state index contributed by atoms with van der Waals surface area (Å²) in [5.41, 5.74) is -1.50. The van der Waals surface area contributed by atoms with Gasteiger partial charge in [0.1, 0.15) is 0 Å². The molecule has 0 spiro atoms. The van der Waals surface area contributed by atoms with E-state index < -0.39 is 26.2 Å². The Hall–Kier alpha value is -1.49. The van der Waals surface area contributed by atoms with Crippen LogP contribution in [0.1, 0.15) is 0 Å². The van der Waals surface area contributed by atoms with Gasteiger partial charge in [0, 0.05) is 26.8 Å². The highest BCUT2D eigenvalue weighted by Crippen LogP contribution is 1.99. The monoisotopic (exact) mass is 307 g/mol. The summed E-state index contributed by atoms with van der Waals surface area (Å²) in [5, 5.41) is 8.49. The first kappa shape index (κ1) is 16.6. The maximum absolute atomic E-state index is 12.0. The van der Waals surface area contributed by atoms with Gasteiger partial charge in [0.2, 0.25) is 10.0 Å². The lowest BCUT2D eigenvalue weighted by Crippen LogP contribution is -2.41. The first-order chi connectivity index (χ1) is 9.31. The van der Waals surface area contributed by atoms with Crippen molar-refractivity contribution >= 4 is 10.0 Å². The predicted octanol–water partition coefficient (Wildman–Crippen LogP) is -2.63. The number of aryl methyl sites for hydroxylation is 1. The molecule has 2 N–H and O–H groups in total. The first-order valence-electron chi connectivity index (χ1n) is 5.76. The summed E-state index contributed by atoms with van der Waals surface area (Å²) in [6.45, 7) is -0.0440. The Morgan fingerprint density at radius 3 is 2.55 bits per heavy atom. The number of nitrogens with one attached hydrogen (secondary N) is 1. The number of rotatable bonds is 7. The molecular formula is C10H17N3O6S. The second kappa shape index (κ2) is 6.79. The number of hydrogen-bond acceptors (Lipinski definition) is 6. The quantitative estimate of drug-likeness (QED) is 0.532. The van der Waals surface area contributed by atoms with Gasteiger partial charge in [0.25, 0.3) is 5.56 Å². The smallest absolute Gasteiger partial charge is 0.330 e. The van der Waals surface area contributed by atoms with Gasteiger partial charge in [-0.25, -0.2) is 17.9 Å². The third kappa shape index (κ3) is 3.76. The van der Waals surface area contributed by atoms with Gasteiger partial charge in [-0.2, -0.15) is 0 Å². The van der Waals surface area contributed by atoms with Crippen LogP contribution in [-0.2, 0) is 28.9 Å². The van der Waals surface area contributed by atoms with Crippen molar-refractivity contribution in [1.82, 2.24) is 13.9 Å². The molecule has 0 saturated carbocycles. The van der Waals surface area contributed by atoms with Crippen LogP contribution in [0.25, 0.3) is 0 Å². The van der Waals surface area contributed by atoms with Crippen molar-refractivity contribution in [2.75, 3.05) is 26.4 Å². The van der Waals surface area contributed by atoms with Crippen LogP contribution >= 0.6 is 0 Å². The van der Waals surface area contributed by atoms with Crippen LogP contribution in [0, 0.1) is 0 Å². The van der Waals surface area contributed by atoms with Crippen molar-refractivity contribution in [3.8, 4) is 0 Å². The van der Waals surface area contributed by atoms with Crippen molar-refractivity contribution in [3.63, 3.8) is 0 Å². The van der Waals surface area contributed by atoms with E-state index in [1.165, 1.54) is 14.1 Å². The van der Waals surface area contributed by atoms with Gasteiger partial charge < -0.3 is 14.4 Å². The molecule has 0 bridgehead atoms. The number of sulfonamides is 1. The molecule has 0 aliphatic rings. The summed E-state index contributed by atoms with van der Waals surface area (Å²) < 4.78 is 32.7. The summed E-state index contributed by atoms with van der Waals surface area (Å²) >= 11 is 0. The molecule has 9 nitrogen and oxygen atoms in total. The molecule has 1 aromatic rings. The van der Waals surface area contributed by atoms with E-state index in [0.717, 1.165) is 15.3 Å². The number of nitrogens with zero attached hydrogens (tertiary/aromatic N) is 2. The molecule has 0 aliphatic heterocycles. The lowest BCUT2D eigenvalue weighted by Gasteiger charge is -2.09. The highest BCUT2D eigenvalue weighted by Gasteiger charge is 2.20. The van der Waals surface area contributed by atoms with Gasteiger partial charge in [-0.15, -0.1) is 0 Å². The molecule has 0 radical (unpaired) electrons. The maximum atomic E-state index is 12.0. The summed E-state index contributed by atoms with van der Waals surface area (Å²) in [6, 6.07) is 0. The molecule has 0 fully saturated rings. The molecule has 1 aromatic heterocycles. The molecule has 0 amide bonds. The Balaban J connectivity index is 2.94. The topological polar surface area (TPSA) is 120 Å². The molecule has 0 atom stereocenters. The van der Waals surface area contributed by atoms with Crippen molar-refractivity contribution < 1.29 is 18.3 Å². The molecule has 1 rings (SSSR count).